The minimum absolute atomic E-state index is 0.105. The first-order chi connectivity index (χ1) is 11.5. The van der Waals surface area contributed by atoms with Gasteiger partial charge in [-0.25, -0.2) is 0 Å². The van der Waals surface area contributed by atoms with Crippen LogP contribution in [0.3, 0.4) is 0 Å². The molecule has 0 aliphatic carbocycles. The summed E-state index contributed by atoms with van der Waals surface area (Å²) in [5.41, 5.74) is 4.21. The summed E-state index contributed by atoms with van der Waals surface area (Å²) in [5.74, 6) is -0.105. The number of carbonyl (C=O) groups is 1. The molecule has 1 heterocycles. The van der Waals surface area contributed by atoms with Crippen molar-refractivity contribution in [1.29, 1.82) is 0 Å². The van der Waals surface area contributed by atoms with Crippen molar-refractivity contribution in [2.45, 2.75) is 6.92 Å². The van der Waals surface area contributed by atoms with E-state index >= 15 is 0 Å². The van der Waals surface area contributed by atoms with Crippen LogP contribution in [0.4, 0.5) is 11.4 Å². The van der Waals surface area contributed by atoms with Crippen LogP contribution in [0.5, 0.6) is 0 Å². The second kappa shape index (κ2) is 6.61. The SMILES string of the molecule is CC1=NN(c2ccc(Br)cc2)C(=O)/C1=C\c1ccc(N(C)C)cc1. The van der Waals surface area contributed by atoms with Gasteiger partial charge in [-0.15, -0.1) is 0 Å². The smallest absolute Gasteiger partial charge is 0.280 e. The minimum atomic E-state index is -0.105. The molecule has 2 aromatic carbocycles. The van der Waals surface area contributed by atoms with Gasteiger partial charge in [0.1, 0.15) is 0 Å². The van der Waals surface area contributed by atoms with Crippen molar-refractivity contribution in [2.24, 2.45) is 5.10 Å². The Kier molecular flexibility index (Phi) is 4.53. The van der Waals surface area contributed by atoms with Crippen molar-refractivity contribution in [3.05, 3.63) is 64.1 Å². The molecule has 0 spiro atoms. The molecule has 122 valence electrons. The number of carbonyl (C=O) groups excluding carboxylic acids is 1. The summed E-state index contributed by atoms with van der Waals surface area (Å²) in [6.07, 6.45) is 1.89. The van der Waals surface area contributed by atoms with Crippen LogP contribution in [0.1, 0.15) is 12.5 Å². The first-order valence-corrected chi connectivity index (χ1v) is 8.40. The average molecular weight is 384 g/mol. The highest BCUT2D eigenvalue weighted by Crippen LogP contribution is 2.26. The van der Waals surface area contributed by atoms with Gasteiger partial charge in [0.2, 0.25) is 0 Å². The Bertz CT molecular complexity index is 821. The molecule has 0 aromatic heterocycles. The van der Waals surface area contributed by atoms with E-state index in [4.69, 9.17) is 0 Å². The molecule has 1 aliphatic rings. The van der Waals surface area contributed by atoms with Crippen LogP contribution in [0.25, 0.3) is 6.08 Å². The minimum Gasteiger partial charge on any atom is -0.378 e. The number of benzene rings is 2. The molecular formula is C19H18BrN3O. The van der Waals surface area contributed by atoms with Crippen molar-refractivity contribution in [2.75, 3.05) is 24.0 Å². The molecule has 5 heteroatoms. The Morgan fingerprint density at radius 1 is 1.04 bits per heavy atom. The molecule has 0 saturated carbocycles. The van der Waals surface area contributed by atoms with Crippen LogP contribution in [-0.4, -0.2) is 25.7 Å². The Morgan fingerprint density at radius 2 is 1.67 bits per heavy atom. The maximum absolute atomic E-state index is 12.7. The third-order valence-corrected chi connectivity index (χ3v) is 4.38. The number of hydrogen-bond donors (Lipinski definition) is 0. The van der Waals surface area contributed by atoms with Gasteiger partial charge in [0.25, 0.3) is 5.91 Å². The van der Waals surface area contributed by atoms with Crippen molar-refractivity contribution in [3.63, 3.8) is 0 Å². The summed E-state index contributed by atoms with van der Waals surface area (Å²) in [4.78, 5) is 14.7. The van der Waals surface area contributed by atoms with E-state index in [2.05, 4.69) is 21.0 Å². The van der Waals surface area contributed by atoms with Crippen LogP contribution >= 0.6 is 15.9 Å². The highest BCUT2D eigenvalue weighted by molar-refractivity contribution is 9.10. The number of hydrazone groups is 1. The fourth-order valence-electron chi connectivity index (χ4n) is 2.48. The monoisotopic (exact) mass is 383 g/mol. The molecule has 0 atom stereocenters. The van der Waals surface area contributed by atoms with Gasteiger partial charge in [-0.05, 0) is 55.0 Å². The lowest BCUT2D eigenvalue weighted by Gasteiger charge is -2.12. The molecule has 0 unspecified atom stereocenters. The van der Waals surface area contributed by atoms with Crippen molar-refractivity contribution in [3.8, 4) is 0 Å². The highest BCUT2D eigenvalue weighted by atomic mass is 79.9. The number of halogens is 1. The predicted molar refractivity (Wildman–Crippen MR) is 103 cm³/mol. The average Bonchev–Trinajstić information content (AvgIpc) is 2.84. The Balaban J connectivity index is 1.88. The molecule has 24 heavy (non-hydrogen) atoms. The number of anilines is 2. The fraction of sp³-hybridized carbons (Fsp3) is 0.158. The van der Waals surface area contributed by atoms with Crippen LogP contribution < -0.4 is 9.91 Å². The maximum atomic E-state index is 12.7. The van der Waals surface area contributed by atoms with Crippen LogP contribution in [0, 0.1) is 0 Å². The standard InChI is InChI=1S/C19H18BrN3O/c1-13-18(12-14-4-8-16(9-5-14)22(2)3)19(24)23(21-13)17-10-6-15(20)7-11-17/h4-12H,1-3H3/b18-12-. The van der Waals surface area contributed by atoms with Gasteiger partial charge < -0.3 is 4.90 Å². The molecular weight excluding hydrogens is 366 g/mol. The van der Waals surface area contributed by atoms with Gasteiger partial charge in [0, 0.05) is 24.3 Å². The Labute approximate surface area is 150 Å². The van der Waals surface area contributed by atoms with Gasteiger partial charge in [-0.2, -0.15) is 10.1 Å². The Hall–Kier alpha value is -2.40. The van der Waals surface area contributed by atoms with E-state index in [9.17, 15) is 4.79 Å². The van der Waals surface area contributed by atoms with E-state index in [1.807, 2.05) is 80.5 Å². The van der Waals surface area contributed by atoms with E-state index < -0.39 is 0 Å². The molecule has 2 aromatic rings. The zero-order valence-electron chi connectivity index (χ0n) is 13.8. The lowest BCUT2D eigenvalue weighted by molar-refractivity contribution is -0.114. The summed E-state index contributed by atoms with van der Waals surface area (Å²) in [5, 5.41) is 5.85. The van der Waals surface area contributed by atoms with Crippen LogP contribution in [0.2, 0.25) is 0 Å². The molecule has 1 amide bonds. The van der Waals surface area contributed by atoms with Crippen molar-refractivity contribution < 1.29 is 4.79 Å². The summed E-state index contributed by atoms with van der Waals surface area (Å²) >= 11 is 3.40. The first kappa shape index (κ1) is 16.5. The zero-order valence-corrected chi connectivity index (χ0v) is 15.4. The van der Waals surface area contributed by atoms with Crippen LogP contribution in [0.15, 0.2) is 63.7 Å². The molecule has 0 radical (unpaired) electrons. The first-order valence-electron chi connectivity index (χ1n) is 7.60. The molecule has 1 aliphatic heterocycles. The number of nitrogens with zero attached hydrogens (tertiary/aromatic N) is 3. The number of amides is 1. The quantitative estimate of drug-likeness (QED) is 0.739. The molecule has 4 nitrogen and oxygen atoms in total. The summed E-state index contributed by atoms with van der Waals surface area (Å²) in [6, 6.07) is 15.6. The molecule has 3 rings (SSSR count). The van der Waals surface area contributed by atoms with E-state index in [0.717, 1.165) is 27.1 Å². The van der Waals surface area contributed by atoms with Gasteiger partial charge in [-0.1, -0.05) is 28.1 Å². The van der Waals surface area contributed by atoms with Gasteiger partial charge in [0.05, 0.1) is 17.0 Å². The van der Waals surface area contributed by atoms with Gasteiger partial charge in [-0.3, -0.25) is 4.79 Å². The fourth-order valence-corrected chi connectivity index (χ4v) is 2.74. The van der Waals surface area contributed by atoms with Crippen molar-refractivity contribution in [1.82, 2.24) is 0 Å². The van der Waals surface area contributed by atoms with E-state index in [1.165, 1.54) is 5.01 Å². The third-order valence-electron chi connectivity index (χ3n) is 3.85. The normalized spacial score (nSPS) is 15.8. The third kappa shape index (κ3) is 3.26. The highest BCUT2D eigenvalue weighted by Gasteiger charge is 2.28. The lowest BCUT2D eigenvalue weighted by Crippen LogP contribution is -2.21. The van der Waals surface area contributed by atoms with E-state index in [-0.39, 0.29) is 5.91 Å². The molecule has 0 N–H and O–H groups in total. The van der Waals surface area contributed by atoms with E-state index in [0.29, 0.717) is 5.57 Å². The molecule has 0 bridgehead atoms. The molecule has 0 fully saturated rings. The molecule has 0 saturated heterocycles. The predicted octanol–water partition coefficient (Wildman–Crippen LogP) is 4.32. The van der Waals surface area contributed by atoms with Gasteiger partial charge >= 0.3 is 0 Å². The topological polar surface area (TPSA) is 35.9 Å². The summed E-state index contributed by atoms with van der Waals surface area (Å²) in [6.45, 7) is 1.86. The zero-order chi connectivity index (χ0) is 17.3. The lowest BCUT2D eigenvalue weighted by atomic mass is 10.1. The number of rotatable bonds is 3. The van der Waals surface area contributed by atoms with Gasteiger partial charge in [0.15, 0.2) is 0 Å². The maximum Gasteiger partial charge on any atom is 0.280 e. The van der Waals surface area contributed by atoms with E-state index in [1.54, 1.807) is 0 Å². The van der Waals surface area contributed by atoms with Crippen LogP contribution in [-0.2, 0) is 4.79 Å². The summed E-state index contributed by atoms with van der Waals surface area (Å²) < 4.78 is 0.968. The number of hydrogen-bond acceptors (Lipinski definition) is 3. The second-order valence-electron chi connectivity index (χ2n) is 5.82. The Morgan fingerprint density at radius 3 is 2.25 bits per heavy atom. The second-order valence-corrected chi connectivity index (χ2v) is 6.74. The van der Waals surface area contributed by atoms with Crippen molar-refractivity contribution >= 4 is 45.0 Å². The summed E-state index contributed by atoms with van der Waals surface area (Å²) in [7, 11) is 4.00. The largest absolute Gasteiger partial charge is 0.378 e.